The number of para-hydroxylation sites is 1. The van der Waals surface area contributed by atoms with Gasteiger partial charge in [-0.3, -0.25) is 9.69 Å². The molecule has 1 aliphatic rings. The number of hydrogen-bond acceptors (Lipinski definition) is 4. The Morgan fingerprint density at radius 2 is 1.85 bits per heavy atom. The number of carbonyl (C=O) groups excluding carboxylic acids is 1. The molecule has 0 aliphatic carbocycles. The fourth-order valence-electron chi connectivity index (χ4n) is 3.83. The van der Waals surface area contributed by atoms with Crippen molar-refractivity contribution in [2.24, 2.45) is 0 Å². The minimum Gasteiger partial charge on any atom is -0.496 e. The molecule has 1 amide bonds. The zero-order chi connectivity index (χ0) is 19.0. The van der Waals surface area contributed by atoms with Gasteiger partial charge >= 0.3 is 0 Å². The predicted octanol–water partition coefficient (Wildman–Crippen LogP) is 3.68. The van der Waals surface area contributed by atoms with E-state index in [-0.39, 0.29) is 18.0 Å². The van der Waals surface area contributed by atoms with Crippen molar-refractivity contribution in [3.63, 3.8) is 0 Å². The van der Waals surface area contributed by atoms with E-state index in [0.29, 0.717) is 12.4 Å². The molecule has 27 heavy (non-hydrogen) atoms. The molecule has 0 spiro atoms. The van der Waals surface area contributed by atoms with E-state index in [9.17, 15) is 4.79 Å². The van der Waals surface area contributed by atoms with Gasteiger partial charge in [-0.15, -0.1) is 0 Å². The molecule has 0 saturated heterocycles. The van der Waals surface area contributed by atoms with Gasteiger partial charge in [-0.1, -0.05) is 48.0 Å². The molecule has 138 valence electrons. The topological polar surface area (TPSA) is 60.2 Å². The number of aryl methyl sites for hydroxylation is 1. The molecule has 0 radical (unpaired) electrons. The van der Waals surface area contributed by atoms with Crippen LogP contribution < -0.4 is 9.64 Å². The molecule has 3 aromatic rings. The first-order valence-corrected chi connectivity index (χ1v) is 8.99. The van der Waals surface area contributed by atoms with E-state index in [1.165, 1.54) is 11.9 Å². The standard InChI is InChI=1S/C21H22N4O2/c1-14-8-10-16(11-9-14)18-12-19(17-6-4-5-7-20(17)27-3)25-21(22-13-23-25)24(18)15(2)26/h4-11,13,18-19H,12H2,1-3H3/t18-,19+/m1/s1. The molecule has 6 nitrogen and oxygen atoms in total. The molecule has 2 aromatic carbocycles. The Hall–Kier alpha value is -3.15. The molecule has 2 heterocycles. The molecular weight excluding hydrogens is 340 g/mol. The summed E-state index contributed by atoms with van der Waals surface area (Å²) in [5.41, 5.74) is 3.31. The van der Waals surface area contributed by atoms with Crippen molar-refractivity contribution in [3.05, 3.63) is 71.5 Å². The number of carbonyl (C=O) groups is 1. The maximum Gasteiger partial charge on any atom is 0.231 e. The van der Waals surface area contributed by atoms with E-state index in [1.54, 1.807) is 18.9 Å². The lowest BCUT2D eigenvalue weighted by Gasteiger charge is -2.39. The molecule has 1 aromatic heterocycles. The van der Waals surface area contributed by atoms with Gasteiger partial charge in [0.15, 0.2) is 0 Å². The smallest absolute Gasteiger partial charge is 0.231 e. The zero-order valence-corrected chi connectivity index (χ0v) is 15.7. The number of fused-ring (bicyclic) bond motifs is 1. The third-order valence-electron chi connectivity index (χ3n) is 5.12. The molecule has 0 bridgehead atoms. The van der Waals surface area contributed by atoms with E-state index >= 15 is 0 Å². The molecule has 0 fully saturated rings. The van der Waals surface area contributed by atoms with Crippen LogP contribution in [0.4, 0.5) is 5.95 Å². The van der Waals surface area contributed by atoms with Gasteiger partial charge in [-0.25, -0.2) is 4.68 Å². The van der Waals surface area contributed by atoms with Crippen LogP contribution in [0.5, 0.6) is 5.75 Å². The normalized spacial score (nSPS) is 18.9. The van der Waals surface area contributed by atoms with Crippen molar-refractivity contribution < 1.29 is 9.53 Å². The molecule has 1 aliphatic heterocycles. The van der Waals surface area contributed by atoms with Crippen LogP contribution >= 0.6 is 0 Å². The first-order valence-electron chi connectivity index (χ1n) is 8.99. The summed E-state index contributed by atoms with van der Waals surface area (Å²) in [7, 11) is 1.67. The van der Waals surface area contributed by atoms with Gasteiger partial charge in [-0.05, 0) is 25.0 Å². The number of anilines is 1. The Bertz CT molecular complexity index is 964. The minimum absolute atomic E-state index is 0.0479. The first-order chi connectivity index (χ1) is 13.1. The zero-order valence-electron chi connectivity index (χ0n) is 15.7. The number of nitrogens with zero attached hydrogens (tertiary/aromatic N) is 4. The lowest BCUT2D eigenvalue weighted by Crippen LogP contribution is -2.41. The minimum atomic E-state index is -0.116. The Balaban J connectivity index is 1.86. The fourth-order valence-corrected chi connectivity index (χ4v) is 3.83. The second-order valence-corrected chi connectivity index (χ2v) is 6.81. The summed E-state index contributed by atoms with van der Waals surface area (Å²) in [6.45, 7) is 3.63. The fraction of sp³-hybridized carbons (Fsp3) is 0.286. The summed E-state index contributed by atoms with van der Waals surface area (Å²) < 4.78 is 7.40. The molecule has 0 saturated carbocycles. The van der Waals surface area contributed by atoms with Gasteiger partial charge < -0.3 is 4.74 Å². The Labute approximate surface area is 158 Å². The maximum absolute atomic E-state index is 12.5. The number of methoxy groups -OCH3 is 1. The maximum atomic E-state index is 12.5. The molecule has 6 heteroatoms. The lowest BCUT2D eigenvalue weighted by molar-refractivity contribution is -0.117. The molecule has 2 atom stereocenters. The van der Waals surface area contributed by atoms with Crippen LogP contribution in [-0.2, 0) is 4.79 Å². The van der Waals surface area contributed by atoms with Crippen molar-refractivity contribution >= 4 is 11.9 Å². The van der Waals surface area contributed by atoms with E-state index in [2.05, 4.69) is 41.3 Å². The summed E-state index contributed by atoms with van der Waals surface area (Å²) in [5, 5.41) is 4.42. The van der Waals surface area contributed by atoms with Gasteiger partial charge in [0.05, 0.1) is 19.2 Å². The summed E-state index contributed by atoms with van der Waals surface area (Å²) in [6, 6.07) is 16.1. The third kappa shape index (κ3) is 2.97. The molecule has 4 rings (SSSR count). The number of benzene rings is 2. The van der Waals surface area contributed by atoms with E-state index in [1.807, 2.05) is 28.9 Å². The Kier molecular flexibility index (Phi) is 4.39. The van der Waals surface area contributed by atoms with Gasteiger partial charge in [0.1, 0.15) is 12.1 Å². The van der Waals surface area contributed by atoms with Gasteiger partial charge in [0.2, 0.25) is 11.9 Å². The number of amides is 1. The molecule has 0 N–H and O–H groups in total. The number of rotatable bonds is 3. The summed E-state index contributed by atoms with van der Waals surface area (Å²) >= 11 is 0. The second kappa shape index (κ2) is 6.87. The van der Waals surface area contributed by atoms with Crippen LogP contribution in [0, 0.1) is 6.92 Å². The SMILES string of the molecule is COc1ccccc1[C@@H]1C[C@H](c2ccc(C)cc2)N(C(C)=O)c2ncnn21. The summed E-state index contributed by atoms with van der Waals surface area (Å²) in [5.74, 6) is 1.33. The highest BCUT2D eigenvalue weighted by atomic mass is 16.5. The summed E-state index contributed by atoms with van der Waals surface area (Å²) in [4.78, 5) is 18.6. The quantitative estimate of drug-likeness (QED) is 0.713. The Morgan fingerprint density at radius 3 is 2.56 bits per heavy atom. The van der Waals surface area contributed by atoms with Gasteiger partial charge in [0.25, 0.3) is 0 Å². The number of hydrogen-bond donors (Lipinski definition) is 0. The lowest BCUT2D eigenvalue weighted by atomic mass is 9.91. The van der Waals surface area contributed by atoms with Crippen molar-refractivity contribution in [1.82, 2.24) is 14.8 Å². The van der Waals surface area contributed by atoms with E-state index < -0.39 is 0 Å². The van der Waals surface area contributed by atoms with Crippen molar-refractivity contribution in [2.45, 2.75) is 32.4 Å². The number of ether oxygens (including phenoxy) is 1. The average molecular weight is 362 g/mol. The average Bonchev–Trinajstić information content (AvgIpc) is 3.16. The van der Waals surface area contributed by atoms with Crippen LogP contribution in [0.15, 0.2) is 54.9 Å². The van der Waals surface area contributed by atoms with Crippen LogP contribution in [-0.4, -0.2) is 27.8 Å². The van der Waals surface area contributed by atoms with Crippen LogP contribution in [0.3, 0.4) is 0 Å². The third-order valence-corrected chi connectivity index (χ3v) is 5.12. The van der Waals surface area contributed by atoms with Crippen molar-refractivity contribution in [3.8, 4) is 5.75 Å². The largest absolute Gasteiger partial charge is 0.496 e. The Morgan fingerprint density at radius 1 is 1.11 bits per heavy atom. The van der Waals surface area contributed by atoms with Gasteiger partial charge in [-0.2, -0.15) is 10.1 Å². The van der Waals surface area contributed by atoms with Crippen LogP contribution in [0.1, 0.15) is 42.1 Å². The molecular formula is C21H22N4O2. The van der Waals surface area contributed by atoms with Crippen molar-refractivity contribution in [2.75, 3.05) is 12.0 Å². The monoisotopic (exact) mass is 362 g/mol. The second-order valence-electron chi connectivity index (χ2n) is 6.81. The first kappa shape index (κ1) is 17.3. The summed E-state index contributed by atoms with van der Waals surface area (Å²) in [6.07, 6.45) is 2.20. The van der Waals surface area contributed by atoms with Crippen LogP contribution in [0.25, 0.3) is 0 Å². The van der Waals surface area contributed by atoms with E-state index in [4.69, 9.17) is 4.74 Å². The highest BCUT2D eigenvalue weighted by molar-refractivity contribution is 5.91. The molecule has 0 unspecified atom stereocenters. The highest BCUT2D eigenvalue weighted by Gasteiger charge is 2.38. The van der Waals surface area contributed by atoms with Gasteiger partial charge in [0, 0.05) is 12.5 Å². The predicted molar refractivity (Wildman–Crippen MR) is 103 cm³/mol. The number of aromatic nitrogens is 3. The van der Waals surface area contributed by atoms with Crippen molar-refractivity contribution in [1.29, 1.82) is 0 Å². The van der Waals surface area contributed by atoms with Crippen LogP contribution in [0.2, 0.25) is 0 Å². The van der Waals surface area contributed by atoms with E-state index in [0.717, 1.165) is 16.9 Å². The highest BCUT2D eigenvalue weighted by Crippen LogP contribution is 2.43.